The van der Waals surface area contributed by atoms with E-state index in [1.54, 1.807) is 0 Å². The van der Waals surface area contributed by atoms with Gasteiger partial charge in [-0.15, -0.1) is 0 Å². The third-order valence-corrected chi connectivity index (χ3v) is 7.34. The molecule has 1 aliphatic rings. The van der Waals surface area contributed by atoms with Crippen LogP contribution in [0.25, 0.3) is 11.0 Å². The zero-order chi connectivity index (χ0) is 25.1. The van der Waals surface area contributed by atoms with Crippen LogP contribution in [0.15, 0.2) is 72.8 Å². The maximum atomic E-state index is 13.0. The average Bonchev–Trinajstić information content (AvgIpc) is 3.47. The molecule has 5 nitrogen and oxygen atoms in total. The molecule has 0 N–H and O–H groups in total. The number of para-hydroxylation sites is 2. The van der Waals surface area contributed by atoms with E-state index in [9.17, 15) is 4.79 Å². The number of aromatic nitrogens is 2. The molecule has 0 aliphatic carbocycles. The summed E-state index contributed by atoms with van der Waals surface area (Å²) in [6.07, 6.45) is 2.48. The zero-order valence-electron chi connectivity index (χ0n) is 21.5. The Kier molecular flexibility index (Phi) is 7.08. The molecule has 2 atom stereocenters. The predicted molar refractivity (Wildman–Crippen MR) is 146 cm³/mol. The van der Waals surface area contributed by atoms with Crippen molar-refractivity contribution in [2.75, 3.05) is 18.1 Å². The molecule has 1 saturated heterocycles. The van der Waals surface area contributed by atoms with Crippen molar-refractivity contribution >= 4 is 22.6 Å². The van der Waals surface area contributed by atoms with Crippen LogP contribution < -0.4 is 9.64 Å². The first-order chi connectivity index (χ1) is 17.5. The van der Waals surface area contributed by atoms with Gasteiger partial charge in [0.2, 0.25) is 5.91 Å². The minimum atomic E-state index is 0.0689. The van der Waals surface area contributed by atoms with Crippen molar-refractivity contribution in [2.45, 2.75) is 58.4 Å². The topological polar surface area (TPSA) is 47.4 Å². The number of ether oxygens (including phenoxy) is 1. The van der Waals surface area contributed by atoms with Gasteiger partial charge in [0.25, 0.3) is 0 Å². The molecule has 0 bridgehead atoms. The number of carbonyl (C=O) groups excluding carboxylic acids is 1. The second kappa shape index (κ2) is 10.6. The molecule has 3 aromatic carbocycles. The molecular weight excluding hydrogens is 446 g/mol. The molecule has 1 fully saturated rings. The van der Waals surface area contributed by atoms with Gasteiger partial charge >= 0.3 is 0 Å². The summed E-state index contributed by atoms with van der Waals surface area (Å²) in [6.45, 7) is 8.61. The molecule has 1 amide bonds. The molecule has 1 aromatic heterocycles. The summed E-state index contributed by atoms with van der Waals surface area (Å²) in [5.41, 5.74) is 5.58. The zero-order valence-corrected chi connectivity index (χ0v) is 21.5. The Labute approximate surface area is 213 Å². The van der Waals surface area contributed by atoms with Crippen LogP contribution in [0, 0.1) is 6.92 Å². The molecule has 0 spiro atoms. The Morgan fingerprint density at radius 1 is 1.06 bits per heavy atom. The smallest absolute Gasteiger partial charge is 0.227 e. The fourth-order valence-corrected chi connectivity index (χ4v) is 5.11. The molecule has 4 aromatic rings. The van der Waals surface area contributed by atoms with Crippen LogP contribution in [0.2, 0.25) is 0 Å². The molecule has 0 saturated carbocycles. The lowest BCUT2D eigenvalue weighted by Crippen LogP contribution is -2.24. The van der Waals surface area contributed by atoms with Gasteiger partial charge in [0.15, 0.2) is 0 Å². The molecule has 2 unspecified atom stereocenters. The van der Waals surface area contributed by atoms with E-state index in [-0.39, 0.29) is 11.8 Å². The highest BCUT2D eigenvalue weighted by molar-refractivity contribution is 5.96. The number of aryl methyl sites for hydroxylation is 2. The van der Waals surface area contributed by atoms with Crippen LogP contribution in [0.4, 0.5) is 5.69 Å². The summed E-state index contributed by atoms with van der Waals surface area (Å²) >= 11 is 0. The number of fused-ring (bicyclic) bond motifs is 1. The SMILES string of the molecule is CCC(C)c1ccc(OCCCn2c(C3CC(=O)N(c4cccc(C)c4)C3)nc3ccccc32)cc1. The number of amides is 1. The molecule has 2 heterocycles. The van der Waals surface area contributed by atoms with Gasteiger partial charge in [0.05, 0.1) is 17.6 Å². The molecule has 5 rings (SSSR count). The summed E-state index contributed by atoms with van der Waals surface area (Å²) in [5.74, 6) is 2.70. The molecular formula is C31H35N3O2. The Hall–Kier alpha value is -3.60. The van der Waals surface area contributed by atoms with E-state index in [4.69, 9.17) is 9.72 Å². The molecule has 0 radical (unpaired) electrons. The quantitative estimate of drug-likeness (QED) is 0.246. The maximum Gasteiger partial charge on any atom is 0.227 e. The number of hydrogen-bond acceptors (Lipinski definition) is 3. The second-order valence-electron chi connectivity index (χ2n) is 9.94. The van der Waals surface area contributed by atoms with Crippen molar-refractivity contribution < 1.29 is 9.53 Å². The lowest BCUT2D eigenvalue weighted by Gasteiger charge is -2.18. The van der Waals surface area contributed by atoms with Crippen LogP contribution in [-0.2, 0) is 11.3 Å². The Bertz CT molecular complexity index is 1340. The van der Waals surface area contributed by atoms with Crippen molar-refractivity contribution in [3.05, 3.63) is 89.7 Å². The number of rotatable bonds is 9. The van der Waals surface area contributed by atoms with E-state index in [2.05, 4.69) is 79.9 Å². The number of anilines is 1. The van der Waals surface area contributed by atoms with Gasteiger partial charge in [-0.2, -0.15) is 0 Å². The van der Waals surface area contributed by atoms with Crippen molar-refractivity contribution in [2.24, 2.45) is 0 Å². The maximum absolute atomic E-state index is 13.0. The van der Waals surface area contributed by atoms with E-state index in [0.717, 1.165) is 53.2 Å². The fourth-order valence-electron chi connectivity index (χ4n) is 5.11. The summed E-state index contributed by atoms with van der Waals surface area (Å²) in [4.78, 5) is 19.9. The van der Waals surface area contributed by atoms with Crippen LogP contribution in [0.3, 0.4) is 0 Å². The van der Waals surface area contributed by atoms with E-state index >= 15 is 0 Å². The number of carbonyl (C=O) groups is 1. The second-order valence-corrected chi connectivity index (χ2v) is 9.94. The van der Waals surface area contributed by atoms with E-state index in [1.807, 2.05) is 23.1 Å². The highest BCUT2D eigenvalue weighted by Gasteiger charge is 2.34. The minimum Gasteiger partial charge on any atom is -0.494 e. The van der Waals surface area contributed by atoms with Gasteiger partial charge in [0, 0.05) is 31.1 Å². The summed E-state index contributed by atoms with van der Waals surface area (Å²) in [7, 11) is 0. The highest BCUT2D eigenvalue weighted by Crippen LogP contribution is 2.33. The molecule has 186 valence electrons. The van der Waals surface area contributed by atoms with Crippen molar-refractivity contribution in [3.8, 4) is 5.75 Å². The molecule has 5 heteroatoms. The summed E-state index contributed by atoms with van der Waals surface area (Å²) in [6, 6.07) is 24.9. The van der Waals surface area contributed by atoms with Crippen molar-refractivity contribution in [1.29, 1.82) is 0 Å². The Morgan fingerprint density at radius 2 is 1.86 bits per heavy atom. The van der Waals surface area contributed by atoms with Crippen LogP contribution in [0.1, 0.15) is 61.9 Å². The number of benzene rings is 3. The number of nitrogens with zero attached hydrogens (tertiary/aromatic N) is 3. The fraction of sp³-hybridized carbons (Fsp3) is 0.355. The minimum absolute atomic E-state index is 0.0689. The standard InChI is InChI=1S/C31H35N3O2/c1-4-23(3)24-13-15-27(16-14-24)36-18-8-17-33-29-12-6-5-11-28(29)32-31(33)25-20-30(35)34(21-25)26-10-7-9-22(2)19-26/h5-7,9-16,19,23,25H,4,8,17-18,20-21H2,1-3H3. The van der Waals surface area contributed by atoms with Crippen molar-refractivity contribution in [3.63, 3.8) is 0 Å². The number of imidazole rings is 1. The van der Waals surface area contributed by atoms with Crippen LogP contribution in [0.5, 0.6) is 5.75 Å². The lowest BCUT2D eigenvalue weighted by molar-refractivity contribution is -0.117. The number of hydrogen-bond donors (Lipinski definition) is 0. The van der Waals surface area contributed by atoms with Crippen LogP contribution >= 0.6 is 0 Å². The highest BCUT2D eigenvalue weighted by atomic mass is 16.5. The Balaban J connectivity index is 1.29. The Morgan fingerprint density at radius 3 is 2.64 bits per heavy atom. The first-order valence-electron chi connectivity index (χ1n) is 13.1. The van der Waals surface area contributed by atoms with Crippen LogP contribution in [-0.4, -0.2) is 28.6 Å². The van der Waals surface area contributed by atoms with Gasteiger partial charge in [-0.25, -0.2) is 4.98 Å². The van der Waals surface area contributed by atoms with E-state index in [0.29, 0.717) is 25.5 Å². The van der Waals surface area contributed by atoms with Gasteiger partial charge in [0.1, 0.15) is 11.6 Å². The summed E-state index contributed by atoms with van der Waals surface area (Å²) < 4.78 is 8.35. The molecule has 1 aliphatic heterocycles. The normalized spacial score (nSPS) is 16.6. The largest absolute Gasteiger partial charge is 0.494 e. The third-order valence-electron chi connectivity index (χ3n) is 7.34. The summed E-state index contributed by atoms with van der Waals surface area (Å²) in [5, 5.41) is 0. The van der Waals surface area contributed by atoms with Gasteiger partial charge in [-0.1, -0.05) is 50.2 Å². The monoisotopic (exact) mass is 481 g/mol. The lowest BCUT2D eigenvalue weighted by atomic mass is 9.99. The predicted octanol–water partition coefficient (Wildman–Crippen LogP) is 6.85. The van der Waals surface area contributed by atoms with E-state index in [1.165, 1.54) is 5.56 Å². The van der Waals surface area contributed by atoms with E-state index < -0.39 is 0 Å². The van der Waals surface area contributed by atoms with Gasteiger partial charge < -0.3 is 14.2 Å². The van der Waals surface area contributed by atoms with Gasteiger partial charge in [-0.3, -0.25) is 4.79 Å². The van der Waals surface area contributed by atoms with Gasteiger partial charge in [-0.05, 0) is 73.2 Å². The molecule has 36 heavy (non-hydrogen) atoms. The average molecular weight is 482 g/mol. The first kappa shape index (κ1) is 24.1. The first-order valence-corrected chi connectivity index (χ1v) is 13.1. The third kappa shape index (κ3) is 5.01. The van der Waals surface area contributed by atoms with Crippen molar-refractivity contribution in [1.82, 2.24) is 9.55 Å².